The zero-order valence-corrected chi connectivity index (χ0v) is 12.7. The van der Waals surface area contributed by atoms with Gasteiger partial charge in [0.1, 0.15) is 10.9 Å². The van der Waals surface area contributed by atoms with Gasteiger partial charge in [-0.3, -0.25) is 14.9 Å². The first-order valence-corrected chi connectivity index (χ1v) is 6.63. The molecule has 1 N–H and O–H groups in total. The molecule has 0 spiro atoms. The lowest BCUT2D eigenvalue weighted by Crippen LogP contribution is -2.13. The number of rotatable bonds is 4. The Morgan fingerprint density at radius 2 is 2.09 bits per heavy atom. The Morgan fingerprint density at radius 3 is 2.68 bits per heavy atom. The Bertz CT molecular complexity index is 752. The van der Waals surface area contributed by atoms with Gasteiger partial charge < -0.3 is 10.1 Å². The molecule has 1 aromatic carbocycles. The number of carbonyl (C=O) groups excluding carboxylic acids is 1. The topological polar surface area (TPSA) is 94.4 Å². The van der Waals surface area contributed by atoms with E-state index >= 15 is 0 Å². The zero-order valence-electron chi connectivity index (χ0n) is 11.2. The molecule has 0 radical (unpaired) electrons. The lowest BCUT2D eigenvalue weighted by Gasteiger charge is -2.10. The summed E-state index contributed by atoms with van der Waals surface area (Å²) in [4.78, 5) is 26.1. The van der Waals surface area contributed by atoms with Gasteiger partial charge >= 0.3 is 0 Å². The molecular formula is C13H9Cl2N3O4. The molecule has 0 atom stereocenters. The molecule has 22 heavy (non-hydrogen) atoms. The summed E-state index contributed by atoms with van der Waals surface area (Å²) in [6.07, 6.45) is 1.24. The number of nitrogens with one attached hydrogen (secondary N) is 1. The van der Waals surface area contributed by atoms with Crippen molar-refractivity contribution in [3.05, 3.63) is 56.3 Å². The van der Waals surface area contributed by atoms with Crippen molar-refractivity contribution in [2.24, 2.45) is 0 Å². The lowest BCUT2D eigenvalue weighted by atomic mass is 10.2. The van der Waals surface area contributed by atoms with Gasteiger partial charge in [-0.15, -0.1) is 0 Å². The number of methoxy groups -OCH3 is 1. The molecule has 1 aromatic heterocycles. The van der Waals surface area contributed by atoms with E-state index in [2.05, 4.69) is 10.3 Å². The maximum absolute atomic E-state index is 12.1. The van der Waals surface area contributed by atoms with Crippen LogP contribution in [0.3, 0.4) is 0 Å². The van der Waals surface area contributed by atoms with Crippen LogP contribution >= 0.6 is 23.2 Å². The summed E-state index contributed by atoms with van der Waals surface area (Å²) in [7, 11) is 1.39. The molecule has 0 saturated heterocycles. The third-order valence-corrected chi connectivity index (χ3v) is 3.39. The van der Waals surface area contributed by atoms with Crippen molar-refractivity contribution in [2.45, 2.75) is 0 Å². The maximum atomic E-state index is 12.1. The highest BCUT2D eigenvalue weighted by Gasteiger charge is 2.15. The smallest absolute Gasteiger partial charge is 0.271 e. The molecule has 1 amide bonds. The summed E-state index contributed by atoms with van der Waals surface area (Å²) in [5, 5.41) is 13.5. The molecule has 2 rings (SSSR count). The molecule has 0 bridgehead atoms. The molecule has 0 saturated carbocycles. The van der Waals surface area contributed by atoms with Crippen LogP contribution in [0.25, 0.3) is 0 Å². The van der Waals surface area contributed by atoms with Gasteiger partial charge in [-0.1, -0.05) is 23.2 Å². The highest BCUT2D eigenvalue weighted by molar-refractivity contribution is 6.41. The van der Waals surface area contributed by atoms with Crippen LogP contribution in [0.4, 0.5) is 11.4 Å². The Balaban J connectivity index is 2.32. The first-order chi connectivity index (χ1) is 10.4. The van der Waals surface area contributed by atoms with Crippen molar-refractivity contribution in [2.75, 3.05) is 12.4 Å². The molecule has 9 heteroatoms. The van der Waals surface area contributed by atoms with E-state index in [-0.39, 0.29) is 32.9 Å². The van der Waals surface area contributed by atoms with Gasteiger partial charge in [-0.2, -0.15) is 0 Å². The van der Waals surface area contributed by atoms with Crippen molar-refractivity contribution in [3.63, 3.8) is 0 Å². The number of ether oxygens (including phenoxy) is 1. The second-order valence-corrected chi connectivity index (χ2v) is 4.86. The predicted octanol–water partition coefficient (Wildman–Crippen LogP) is 3.56. The van der Waals surface area contributed by atoms with Crippen molar-refractivity contribution < 1.29 is 14.5 Å². The highest BCUT2D eigenvalue weighted by atomic mass is 35.5. The largest absolute Gasteiger partial charge is 0.495 e. The van der Waals surface area contributed by atoms with E-state index < -0.39 is 10.8 Å². The van der Waals surface area contributed by atoms with Crippen molar-refractivity contribution in [3.8, 4) is 5.75 Å². The Morgan fingerprint density at radius 1 is 1.36 bits per heavy atom. The highest BCUT2D eigenvalue weighted by Crippen LogP contribution is 2.29. The van der Waals surface area contributed by atoms with Crippen molar-refractivity contribution >= 4 is 40.5 Å². The fourth-order valence-electron chi connectivity index (χ4n) is 1.65. The van der Waals surface area contributed by atoms with E-state index in [4.69, 9.17) is 27.9 Å². The maximum Gasteiger partial charge on any atom is 0.271 e. The van der Waals surface area contributed by atoms with Gasteiger partial charge in [0.05, 0.1) is 28.3 Å². The first kappa shape index (κ1) is 16.0. The first-order valence-electron chi connectivity index (χ1n) is 5.87. The molecule has 0 aliphatic rings. The fourth-order valence-corrected chi connectivity index (χ4v) is 1.92. The van der Waals surface area contributed by atoms with Gasteiger partial charge in [0.2, 0.25) is 0 Å². The van der Waals surface area contributed by atoms with E-state index in [0.29, 0.717) is 0 Å². The van der Waals surface area contributed by atoms with E-state index in [1.807, 2.05) is 0 Å². The number of halogens is 2. The van der Waals surface area contributed by atoms with Crippen LogP contribution < -0.4 is 10.1 Å². The van der Waals surface area contributed by atoms with Gasteiger partial charge in [-0.25, -0.2) is 4.98 Å². The quantitative estimate of drug-likeness (QED) is 0.521. The molecule has 7 nitrogen and oxygen atoms in total. The van der Waals surface area contributed by atoms with E-state index in [1.54, 1.807) is 0 Å². The molecule has 0 aliphatic heterocycles. The number of aromatic nitrogens is 1. The summed E-state index contributed by atoms with van der Waals surface area (Å²) in [6, 6.07) is 5.20. The minimum Gasteiger partial charge on any atom is -0.495 e. The number of pyridine rings is 1. The number of amides is 1. The third kappa shape index (κ3) is 3.44. The Hall–Kier alpha value is -2.38. The van der Waals surface area contributed by atoms with Crippen LogP contribution in [0.1, 0.15) is 10.4 Å². The molecule has 0 aliphatic carbocycles. The Kier molecular flexibility index (Phi) is 4.79. The SMILES string of the molecule is COc1ccc([N+](=O)[O-])cc1NC(=O)c1cnc(Cl)c(Cl)c1. The molecule has 2 aromatic rings. The molecule has 1 heterocycles. The second-order valence-electron chi connectivity index (χ2n) is 4.09. The minimum atomic E-state index is -0.574. The second kappa shape index (κ2) is 6.59. The molecule has 0 unspecified atom stereocenters. The standard InChI is InChI=1S/C13H9Cl2N3O4/c1-22-11-3-2-8(18(20)21)5-10(11)17-13(19)7-4-9(14)12(15)16-6-7/h2-6H,1H3,(H,17,19). The number of hydrogen-bond acceptors (Lipinski definition) is 5. The summed E-state index contributed by atoms with van der Waals surface area (Å²) in [5.41, 5.74) is 0.138. The lowest BCUT2D eigenvalue weighted by molar-refractivity contribution is -0.384. The number of nitrogens with zero attached hydrogens (tertiary/aromatic N) is 2. The van der Waals surface area contributed by atoms with Crippen LogP contribution in [0.15, 0.2) is 30.5 Å². The van der Waals surface area contributed by atoms with Crippen LogP contribution in [0.2, 0.25) is 10.2 Å². The van der Waals surface area contributed by atoms with Gasteiger partial charge in [-0.05, 0) is 12.1 Å². The summed E-state index contributed by atoms with van der Waals surface area (Å²) >= 11 is 11.5. The van der Waals surface area contributed by atoms with E-state index in [1.165, 1.54) is 37.6 Å². The van der Waals surface area contributed by atoms with E-state index in [0.717, 1.165) is 0 Å². The van der Waals surface area contributed by atoms with Crippen molar-refractivity contribution in [1.82, 2.24) is 4.98 Å². The summed E-state index contributed by atoms with van der Waals surface area (Å²) < 4.78 is 5.06. The molecule has 0 fully saturated rings. The van der Waals surface area contributed by atoms with Gasteiger partial charge in [0.25, 0.3) is 11.6 Å². The monoisotopic (exact) mass is 341 g/mol. The summed E-state index contributed by atoms with van der Waals surface area (Å²) in [5.74, 6) is -0.267. The van der Waals surface area contributed by atoms with Crippen LogP contribution in [0.5, 0.6) is 5.75 Å². The minimum absolute atomic E-state index is 0.0751. The fraction of sp³-hybridized carbons (Fsp3) is 0.0769. The van der Waals surface area contributed by atoms with Gasteiger partial charge in [0, 0.05) is 18.3 Å². The summed E-state index contributed by atoms with van der Waals surface area (Å²) in [6.45, 7) is 0. The molecular weight excluding hydrogens is 333 g/mol. The zero-order chi connectivity index (χ0) is 16.3. The average molecular weight is 342 g/mol. The number of nitro benzene ring substituents is 1. The number of benzene rings is 1. The molecule has 114 valence electrons. The van der Waals surface area contributed by atoms with Crippen LogP contribution in [0, 0.1) is 10.1 Å². The average Bonchev–Trinajstić information content (AvgIpc) is 2.49. The number of anilines is 1. The normalized spacial score (nSPS) is 10.1. The van der Waals surface area contributed by atoms with Crippen molar-refractivity contribution in [1.29, 1.82) is 0 Å². The number of carbonyl (C=O) groups is 1. The van der Waals surface area contributed by atoms with Crippen LogP contribution in [-0.2, 0) is 0 Å². The number of hydrogen-bond donors (Lipinski definition) is 1. The third-order valence-electron chi connectivity index (χ3n) is 2.70. The van der Waals surface area contributed by atoms with E-state index in [9.17, 15) is 14.9 Å². The predicted molar refractivity (Wildman–Crippen MR) is 81.9 cm³/mol. The Labute approximate surface area is 135 Å². The van der Waals surface area contributed by atoms with Gasteiger partial charge in [0.15, 0.2) is 0 Å². The number of non-ortho nitro benzene ring substituents is 1. The van der Waals surface area contributed by atoms with Crippen LogP contribution in [-0.4, -0.2) is 22.9 Å². The number of nitro groups is 1.